The molecule has 1 atom stereocenters. The molecular formula is C12H11F3O. The van der Waals surface area contributed by atoms with Crippen LogP contribution in [0.3, 0.4) is 0 Å². The molecule has 0 amide bonds. The molecule has 0 aliphatic heterocycles. The van der Waals surface area contributed by atoms with Gasteiger partial charge < -0.3 is 0 Å². The van der Waals surface area contributed by atoms with Gasteiger partial charge in [-0.25, -0.2) is 0 Å². The van der Waals surface area contributed by atoms with E-state index in [1.54, 1.807) is 6.07 Å². The lowest BCUT2D eigenvalue weighted by Crippen LogP contribution is -2.14. The Balaban J connectivity index is 2.44. The Morgan fingerprint density at radius 2 is 1.88 bits per heavy atom. The minimum Gasteiger partial charge on any atom is -0.299 e. The first-order chi connectivity index (χ1) is 7.50. The predicted octanol–water partition coefficient (Wildman–Crippen LogP) is 3.54. The van der Waals surface area contributed by atoms with Crippen LogP contribution in [0.4, 0.5) is 13.2 Å². The van der Waals surface area contributed by atoms with Crippen molar-refractivity contribution in [2.24, 2.45) is 0 Å². The second-order valence-corrected chi connectivity index (χ2v) is 4.00. The highest BCUT2D eigenvalue weighted by Gasteiger charge is 2.37. The number of carbonyl (C=O) groups is 1. The quantitative estimate of drug-likeness (QED) is 0.718. The van der Waals surface area contributed by atoms with E-state index in [1.165, 1.54) is 12.1 Å². The van der Waals surface area contributed by atoms with E-state index < -0.39 is 17.7 Å². The molecule has 1 aliphatic rings. The summed E-state index contributed by atoms with van der Waals surface area (Å²) >= 11 is 0. The number of hydrogen-bond acceptors (Lipinski definition) is 1. The van der Waals surface area contributed by atoms with E-state index in [9.17, 15) is 18.0 Å². The third kappa shape index (κ3) is 1.96. The smallest absolute Gasteiger partial charge is 0.299 e. The molecule has 1 aliphatic carbocycles. The number of rotatable bonds is 1. The zero-order valence-electron chi connectivity index (χ0n) is 8.55. The highest BCUT2D eigenvalue weighted by atomic mass is 19.4. The average Bonchev–Trinajstić information content (AvgIpc) is 2.63. The van der Waals surface area contributed by atoms with Gasteiger partial charge in [-0.1, -0.05) is 18.2 Å². The zero-order valence-corrected chi connectivity index (χ0v) is 8.55. The minimum absolute atomic E-state index is 0.0725. The van der Waals surface area contributed by atoms with Gasteiger partial charge in [0.2, 0.25) is 0 Å². The van der Waals surface area contributed by atoms with Crippen molar-refractivity contribution in [3.8, 4) is 0 Å². The van der Waals surface area contributed by atoms with Gasteiger partial charge in [0, 0.05) is 12.3 Å². The summed E-state index contributed by atoms with van der Waals surface area (Å²) in [6.45, 7) is 0. The fraction of sp³-hybridized carbons (Fsp3) is 0.417. The van der Waals surface area contributed by atoms with Gasteiger partial charge >= 0.3 is 6.18 Å². The van der Waals surface area contributed by atoms with Crippen LogP contribution in [0.5, 0.6) is 0 Å². The van der Waals surface area contributed by atoms with Crippen LogP contribution in [-0.4, -0.2) is 5.78 Å². The van der Waals surface area contributed by atoms with Gasteiger partial charge in [-0.05, 0) is 24.5 Å². The average molecular weight is 228 g/mol. The summed E-state index contributed by atoms with van der Waals surface area (Å²) in [4.78, 5) is 11.5. The molecule has 0 saturated heterocycles. The van der Waals surface area contributed by atoms with Gasteiger partial charge in [0.1, 0.15) is 5.78 Å². The normalized spacial score (nSPS) is 21.4. The van der Waals surface area contributed by atoms with Crippen LogP contribution in [0.25, 0.3) is 0 Å². The van der Waals surface area contributed by atoms with E-state index >= 15 is 0 Å². The van der Waals surface area contributed by atoms with E-state index in [0.717, 1.165) is 6.07 Å². The maximum Gasteiger partial charge on any atom is 0.416 e. The largest absolute Gasteiger partial charge is 0.416 e. The topological polar surface area (TPSA) is 17.1 Å². The number of halogens is 3. The van der Waals surface area contributed by atoms with Gasteiger partial charge in [0.15, 0.2) is 0 Å². The van der Waals surface area contributed by atoms with Crippen LogP contribution in [0.15, 0.2) is 24.3 Å². The number of benzene rings is 1. The lowest BCUT2D eigenvalue weighted by atomic mass is 9.92. The minimum atomic E-state index is -4.38. The summed E-state index contributed by atoms with van der Waals surface area (Å²) in [5.74, 6) is -0.630. The Morgan fingerprint density at radius 1 is 1.19 bits per heavy atom. The Hall–Kier alpha value is -1.32. The molecule has 0 radical (unpaired) electrons. The van der Waals surface area contributed by atoms with Crippen molar-refractivity contribution in [3.05, 3.63) is 35.4 Å². The van der Waals surface area contributed by atoms with Crippen molar-refractivity contribution < 1.29 is 18.0 Å². The van der Waals surface area contributed by atoms with Crippen LogP contribution in [0.1, 0.15) is 36.3 Å². The number of carbonyl (C=O) groups excluding carboxylic acids is 1. The molecule has 1 aromatic rings. The first-order valence-corrected chi connectivity index (χ1v) is 5.19. The predicted molar refractivity (Wildman–Crippen MR) is 53.0 cm³/mol. The van der Waals surface area contributed by atoms with E-state index in [4.69, 9.17) is 0 Å². The molecule has 2 rings (SSSR count). The molecule has 1 fully saturated rings. The maximum atomic E-state index is 12.7. The van der Waals surface area contributed by atoms with Crippen LogP contribution in [0.2, 0.25) is 0 Å². The highest BCUT2D eigenvalue weighted by molar-refractivity contribution is 5.88. The summed E-state index contributed by atoms with van der Waals surface area (Å²) in [7, 11) is 0. The van der Waals surface area contributed by atoms with E-state index in [2.05, 4.69) is 0 Å². The molecule has 1 unspecified atom stereocenters. The Bertz CT molecular complexity index is 409. The fourth-order valence-electron chi connectivity index (χ4n) is 2.20. The monoisotopic (exact) mass is 228 g/mol. The lowest BCUT2D eigenvalue weighted by Gasteiger charge is -2.16. The number of ketones is 1. The van der Waals surface area contributed by atoms with Crippen molar-refractivity contribution in [1.29, 1.82) is 0 Å². The second-order valence-electron chi connectivity index (χ2n) is 4.00. The van der Waals surface area contributed by atoms with Crippen molar-refractivity contribution in [3.63, 3.8) is 0 Å². The molecule has 0 aromatic heterocycles. The van der Waals surface area contributed by atoms with Crippen LogP contribution in [-0.2, 0) is 11.0 Å². The third-order valence-corrected chi connectivity index (χ3v) is 2.95. The molecular weight excluding hydrogens is 217 g/mol. The molecule has 4 heteroatoms. The summed E-state index contributed by atoms with van der Waals surface area (Å²) < 4.78 is 38.2. The molecule has 0 heterocycles. The molecule has 0 spiro atoms. The first kappa shape index (κ1) is 11.2. The van der Waals surface area contributed by atoms with Crippen LogP contribution < -0.4 is 0 Å². The Kier molecular flexibility index (Phi) is 2.74. The summed E-state index contributed by atoms with van der Waals surface area (Å²) in [6, 6.07) is 5.36. The standard InChI is InChI=1S/C12H11F3O/c13-12(14,15)10-6-2-1-4-8(10)9-5-3-7-11(9)16/h1-2,4,6,9H,3,5,7H2. The summed E-state index contributed by atoms with van der Waals surface area (Å²) in [6.07, 6.45) is -2.75. The Labute approximate surface area is 91.3 Å². The number of alkyl halides is 3. The van der Waals surface area contributed by atoms with Crippen molar-refractivity contribution in [1.82, 2.24) is 0 Å². The molecule has 1 nitrogen and oxygen atoms in total. The summed E-state index contributed by atoms with van der Waals surface area (Å²) in [5.41, 5.74) is -0.534. The summed E-state index contributed by atoms with van der Waals surface area (Å²) in [5, 5.41) is 0. The van der Waals surface area contributed by atoms with Crippen molar-refractivity contribution in [2.75, 3.05) is 0 Å². The Morgan fingerprint density at radius 3 is 2.44 bits per heavy atom. The van der Waals surface area contributed by atoms with Crippen molar-refractivity contribution >= 4 is 5.78 Å². The zero-order chi connectivity index (χ0) is 11.8. The van der Waals surface area contributed by atoms with Crippen LogP contribution in [0, 0.1) is 0 Å². The maximum absolute atomic E-state index is 12.7. The SMILES string of the molecule is O=C1CCCC1c1ccccc1C(F)(F)F. The first-order valence-electron chi connectivity index (χ1n) is 5.19. The molecule has 0 bridgehead atoms. The molecule has 86 valence electrons. The molecule has 1 aromatic carbocycles. The van der Waals surface area contributed by atoms with E-state index in [1.807, 2.05) is 0 Å². The number of hydrogen-bond donors (Lipinski definition) is 0. The third-order valence-electron chi connectivity index (χ3n) is 2.95. The van der Waals surface area contributed by atoms with Crippen molar-refractivity contribution in [2.45, 2.75) is 31.4 Å². The highest BCUT2D eigenvalue weighted by Crippen LogP contribution is 2.39. The number of Topliss-reactive ketones (excluding diaryl/α,β-unsaturated/α-hetero) is 1. The molecule has 1 saturated carbocycles. The fourth-order valence-corrected chi connectivity index (χ4v) is 2.20. The van der Waals surface area contributed by atoms with Gasteiger partial charge in [0.05, 0.1) is 5.56 Å². The van der Waals surface area contributed by atoms with Gasteiger partial charge in [-0.2, -0.15) is 13.2 Å². The second kappa shape index (κ2) is 3.92. The molecule has 16 heavy (non-hydrogen) atoms. The lowest BCUT2D eigenvalue weighted by molar-refractivity contribution is -0.138. The van der Waals surface area contributed by atoms with Gasteiger partial charge in [-0.15, -0.1) is 0 Å². The van der Waals surface area contributed by atoms with E-state index in [-0.39, 0.29) is 11.3 Å². The van der Waals surface area contributed by atoms with Gasteiger partial charge in [0.25, 0.3) is 0 Å². The van der Waals surface area contributed by atoms with Gasteiger partial charge in [-0.3, -0.25) is 4.79 Å². The van der Waals surface area contributed by atoms with Crippen LogP contribution >= 0.6 is 0 Å². The molecule has 0 N–H and O–H groups in total. The van der Waals surface area contributed by atoms with E-state index in [0.29, 0.717) is 19.3 Å².